The Labute approximate surface area is 402 Å². The molecule has 360 valence electrons. The molecular weight excluding hydrogens is 860 g/mol. The zero-order valence-electron chi connectivity index (χ0n) is 40.0. The van der Waals surface area contributed by atoms with Gasteiger partial charge in [-0.1, -0.05) is 140 Å². The number of carbonyl (C=O) groups excluding carboxylic acids is 4. The molecule has 0 bridgehead atoms. The molecule has 0 aromatic heterocycles. The van der Waals surface area contributed by atoms with Crippen LogP contribution in [0.3, 0.4) is 0 Å². The van der Waals surface area contributed by atoms with Gasteiger partial charge in [-0.3, -0.25) is 0 Å². The molecule has 68 heavy (non-hydrogen) atoms. The van der Waals surface area contributed by atoms with Gasteiger partial charge in [0.1, 0.15) is 34.6 Å². The van der Waals surface area contributed by atoms with Crippen LogP contribution in [0, 0.1) is 5.82 Å². The maximum absolute atomic E-state index is 15.2. The second-order valence-electron chi connectivity index (χ2n) is 17.2. The monoisotopic (exact) mass is 926 g/mol. The van der Waals surface area contributed by atoms with Gasteiger partial charge in [-0.2, -0.15) is 0 Å². The molecule has 0 amide bonds. The van der Waals surface area contributed by atoms with E-state index in [4.69, 9.17) is 23.7 Å². The Bertz CT molecular complexity index is 2370. The van der Waals surface area contributed by atoms with E-state index in [0.29, 0.717) is 12.2 Å². The highest BCUT2D eigenvalue weighted by Gasteiger charge is 2.18. The Morgan fingerprint density at radius 1 is 0.471 bits per heavy atom. The van der Waals surface area contributed by atoms with E-state index in [1.54, 1.807) is 25.1 Å². The number of benzene rings is 5. The van der Waals surface area contributed by atoms with Crippen molar-refractivity contribution < 1.29 is 47.3 Å². The number of rotatable bonds is 29. The lowest BCUT2D eigenvalue weighted by Gasteiger charge is -2.10. The van der Waals surface area contributed by atoms with Gasteiger partial charge in [0.2, 0.25) is 0 Å². The van der Waals surface area contributed by atoms with Gasteiger partial charge in [-0.15, -0.1) is 0 Å². The first-order valence-corrected chi connectivity index (χ1v) is 24.5. The average Bonchev–Trinajstić information content (AvgIpc) is 3.34. The molecule has 5 aromatic rings. The minimum atomic E-state index is -1.01. The SMILES string of the molecule is CCCCCCCCCCCCc1ccc(C(=O)Oc2ccc(C(=O)Oc3cccc(OC(=O)c4ccc(OC(=O)/C(C)=C/c5ccc(OCCCCCCCCC)cc5)cc4F)c3)cc2)cc1. The number of halogens is 1. The first kappa shape index (κ1) is 52.4. The van der Waals surface area contributed by atoms with Gasteiger partial charge in [0, 0.05) is 17.7 Å². The Balaban J connectivity index is 1.02. The molecule has 0 heterocycles. The maximum atomic E-state index is 15.2. The molecule has 0 radical (unpaired) electrons. The first-order valence-electron chi connectivity index (χ1n) is 24.5. The molecule has 5 rings (SSSR count). The van der Waals surface area contributed by atoms with Crippen molar-refractivity contribution in [3.63, 3.8) is 0 Å². The average molecular weight is 927 g/mol. The van der Waals surface area contributed by atoms with Crippen molar-refractivity contribution in [2.45, 2.75) is 136 Å². The Kier molecular flexibility index (Phi) is 22.6. The highest BCUT2D eigenvalue weighted by molar-refractivity contribution is 5.95. The third-order valence-electron chi connectivity index (χ3n) is 11.5. The summed E-state index contributed by atoms with van der Waals surface area (Å²) in [7, 11) is 0. The lowest BCUT2D eigenvalue weighted by molar-refractivity contribution is -0.130. The summed E-state index contributed by atoms with van der Waals surface area (Å²) in [6.07, 6.45) is 24.0. The largest absolute Gasteiger partial charge is 0.494 e. The summed E-state index contributed by atoms with van der Waals surface area (Å²) < 4.78 is 42.8. The molecule has 0 fully saturated rings. The van der Waals surface area contributed by atoms with E-state index >= 15 is 4.39 Å². The van der Waals surface area contributed by atoms with Crippen molar-refractivity contribution in [2.24, 2.45) is 0 Å². The van der Waals surface area contributed by atoms with Crippen LogP contribution in [0.5, 0.6) is 28.7 Å². The molecule has 0 saturated carbocycles. The number of unbranched alkanes of at least 4 members (excludes halogenated alkanes) is 15. The van der Waals surface area contributed by atoms with Gasteiger partial charge in [0.15, 0.2) is 0 Å². The van der Waals surface area contributed by atoms with Crippen molar-refractivity contribution >= 4 is 30.0 Å². The predicted octanol–water partition coefficient (Wildman–Crippen LogP) is 15.1. The topological polar surface area (TPSA) is 114 Å². The maximum Gasteiger partial charge on any atom is 0.346 e. The van der Waals surface area contributed by atoms with Crippen LogP contribution >= 0.6 is 0 Å². The van der Waals surface area contributed by atoms with Gasteiger partial charge in [0.25, 0.3) is 0 Å². The first-order chi connectivity index (χ1) is 33.1. The van der Waals surface area contributed by atoms with Crippen LogP contribution in [0.15, 0.2) is 121 Å². The minimum absolute atomic E-state index is 0.00202. The van der Waals surface area contributed by atoms with E-state index in [9.17, 15) is 19.2 Å². The van der Waals surface area contributed by atoms with E-state index in [1.807, 2.05) is 36.4 Å². The smallest absolute Gasteiger partial charge is 0.346 e. The number of hydrogen-bond acceptors (Lipinski definition) is 9. The number of aryl methyl sites for hydroxylation is 1. The molecule has 9 nitrogen and oxygen atoms in total. The number of esters is 4. The molecule has 0 atom stereocenters. The van der Waals surface area contributed by atoms with Gasteiger partial charge < -0.3 is 23.7 Å². The van der Waals surface area contributed by atoms with Gasteiger partial charge in [-0.05, 0) is 116 Å². The van der Waals surface area contributed by atoms with E-state index in [1.165, 1.54) is 150 Å². The molecule has 5 aromatic carbocycles. The van der Waals surface area contributed by atoms with E-state index in [2.05, 4.69) is 13.8 Å². The van der Waals surface area contributed by atoms with Crippen LogP contribution in [-0.4, -0.2) is 30.5 Å². The van der Waals surface area contributed by atoms with Crippen LogP contribution in [-0.2, 0) is 11.2 Å². The molecule has 0 saturated heterocycles. The molecule has 0 N–H and O–H groups in total. The Hall–Kier alpha value is -6.55. The fourth-order valence-electron chi connectivity index (χ4n) is 7.51. The summed E-state index contributed by atoms with van der Waals surface area (Å²) in [5.74, 6) is -2.88. The normalized spacial score (nSPS) is 11.2. The number of carbonyl (C=O) groups is 4. The zero-order chi connectivity index (χ0) is 48.4. The summed E-state index contributed by atoms with van der Waals surface area (Å²) in [5.41, 5.74) is 2.46. The number of hydrogen-bond donors (Lipinski definition) is 0. The number of ether oxygens (including phenoxy) is 5. The van der Waals surface area contributed by atoms with Crippen LogP contribution in [0.2, 0.25) is 0 Å². The van der Waals surface area contributed by atoms with Crippen LogP contribution < -0.4 is 23.7 Å². The van der Waals surface area contributed by atoms with Crippen molar-refractivity contribution in [1.82, 2.24) is 0 Å². The summed E-state index contributed by atoms with van der Waals surface area (Å²) in [4.78, 5) is 51.6. The summed E-state index contributed by atoms with van der Waals surface area (Å²) in [6, 6.07) is 29.9. The molecule has 0 aliphatic heterocycles. The fraction of sp³-hybridized carbons (Fsp3) is 0.379. The van der Waals surface area contributed by atoms with E-state index in [-0.39, 0.29) is 34.1 Å². The van der Waals surface area contributed by atoms with E-state index < -0.39 is 35.3 Å². The third kappa shape index (κ3) is 18.6. The van der Waals surface area contributed by atoms with Gasteiger partial charge in [0.05, 0.1) is 23.3 Å². The quantitative estimate of drug-likeness (QED) is 0.0200. The standard InChI is InChI=1S/C58H67FO9/c1-4-6-8-10-12-13-14-15-17-19-22-44-25-29-46(30-26-44)56(61)65-49-35-31-47(32-36-49)57(62)67-50-23-21-24-51(41-50)68-58(63)53-38-37-52(42-54(53)59)66-55(60)43(3)40-45-27-33-48(34-28-45)64-39-20-18-16-11-9-7-5-2/h21,23-38,40-42H,4-20,22,39H2,1-3H3/b43-40+. The van der Waals surface area contributed by atoms with Gasteiger partial charge in [-0.25, -0.2) is 23.6 Å². The Morgan fingerprint density at radius 2 is 0.941 bits per heavy atom. The molecule has 0 unspecified atom stereocenters. The lowest BCUT2D eigenvalue weighted by atomic mass is 10.0. The molecule has 0 aliphatic carbocycles. The third-order valence-corrected chi connectivity index (χ3v) is 11.5. The van der Waals surface area contributed by atoms with Crippen LogP contribution in [0.25, 0.3) is 6.08 Å². The summed E-state index contributed by atoms with van der Waals surface area (Å²) in [6.45, 7) is 6.71. The van der Waals surface area contributed by atoms with Crippen molar-refractivity contribution in [1.29, 1.82) is 0 Å². The second kappa shape index (κ2) is 29.3. The highest BCUT2D eigenvalue weighted by atomic mass is 19.1. The predicted molar refractivity (Wildman–Crippen MR) is 265 cm³/mol. The van der Waals surface area contributed by atoms with Crippen molar-refractivity contribution in [2.75, 3.05) is 6.61 Å². The summed E-state index contributed by atoms with van der Waals surface area (Å²) >= 11 is 0. The highest BCUT2D eigenvalue weighted by Crippen LogP contribution is 2.25. The summed E-state index contributed by atoms with van der Waals surface area (Å²) in [5, 5.41) is 0. The zero-order valence-corrected chi connectivity index (χ0v) is 40.0. The molecule has 0 aliphatic rings. The molecular formula is C58H67FO9. The molecule has 0 spiro atoms. The fourth-order valence-corrected chi connectivity index (χ4v) is 7.51. The van der Waals surface area contributed by atoms with Crippen molar-refractivity contribution in [3.8, 4) is 28.7 Å². The van der Waals surface area contributed by atoms with Crippen molar-refractivity contribution in [3.05, 3.63) is 154 Å². The Morgan fingerprint density at radius 3 is 1.51 bits per heavy atom. The molecule has 10 heteroatoms. The van der Waals surface area contributed by atoms with Crippen LogP contribution in [0.1, 0.15) is 172 Å². The lowest BCUT2D eigenvalue weighted by Crippen LogP contribution is -2.13. The van der Waals surface area contributed by atoms with Gasteiger partial charge >= 0.3 is 23.9 Å². The van der Waals surface area contributed by atoms with Crippen LogP contribution in [0.4, 0.5) is 4.39 Å². The minimum Gasteiger partial charge on any atom is -0.494 e. The van der Waals surface area contributed by atoms with E-state index in [0.717, 1.165) is 49.1 Å². The second-order valence-corrected chi connectivity index (χ2v) is 17.2.